The van der Waals surface area contributed by atoms with E-state index in [-0.39, 0.29) is 5.56 Å². The van der Waals surface area contributed by atoms with Gasteiger partial charge in [0, 0.05) is 21.1 Å². The number of halogens is 1. The Hall–Kier alpha value is -2.93. The molecule has 1 aromatic heterocycles. The van der Waals surface area contributed by atoms with Crippen LogP contribution >= 0.6 is 15.9 Å². The molecule has 0 fully saturated rings. The maximum Gasteiger partial charge on any atom is 0.412 e. The zero-order valence-corrected chi connectivity index (χ0v) is 17.2. The fraction of sp³-hybridized carbons (Fsp3) is 0.190. The average molecular weight is 443 g/mol. The smallest absolute Gasteiger partial charge is 0.412 e. The third-order valence-electron chi connectivity index (χ3n) is 3.82. The molecule has 0 spiro atoms. The SMILES string of the molecule is CC(C)(C)OC(=O)Nc1ccc2nc(-c3ccc(Br)cc3)cc(C(=O)O)c2c1. The molecule has 0 saturated carbocycles. The average Bonchev–Trinajstić information content (AvgIpc) is 2.59. The number of carboxylic acids is 1. The lowest BCUT2D eigenvalue weighted by atomic mass is 10.0. The van der Waals surface area contributed by atoms with Crippen molar-refractivity contribution in [2.75, 3.05) is 5.32 Å². The molecule has 0 bridgehead atoms. The van der Waals surface area contributed by atoms with Crippen LogP contribution in [-0.2, 0) is 4.74 Å². The Morgan fingerprint density at radius 3 is 2.36 bits per heavy atom. The van der Waals surface area contributed by atoms with Gasteiger partial charge in [-0.1, -0.05) is 28.1 Å². The van der Waals surface area contributed by atoms with Gasteiger partial charge in [0.2, 0.25) is 0 Å². The van der Waals surface area contributed by atoms with Gasteiger partial charge in [0.25, 0.3) is 0 Å². The van der Waals surface area contributed by atoms with Crippen LogP contribution in [0.3, 0.4) is 0 Å². The van der Waals surface area contributed by atoms with E-state index in [2.05, 4.69) is 26.2 Å². The lowest BCUT2D eigenvalue weighted by Gasteiger charge is -2.19. The first kappa shape index (κ1) is 19.8. The molecular weight excluding hydrogens is 424 g/mol. The number of carbonyl (C=O) groups is 2. The number of pyridine rings is 1. The van der Waals surface area contributed by atoms with E-state index in [1.54, 1.807) is 39.0 Å². The van der Waals surface area contributed by atoms with Crippen molar-refractivity contribution < 1.29 is 19.4 Å². The van der Waals surface area contributed by atoms with Gasteiger partial charge in [-0.2, -0.15) is 0 Å². The van der Waals surface area contributed by atoms with Gasteiger partial charge in [-0.25, -0.2) is 14.6 Å². The van der Waals surface area contributed by atoms with E-state index in [0.717, 1.165) is 10.0 Å². The third kappa shape index (κ3) is 4.67. The van der Waals surface area contributed by atoms with Crippen molar-refractivity contribution in [3.63, 3.8) is 0 Å². The maximum absolute atomic E-state index is 12.0. The van der Waals surface area contributed by atoms with Gasteiger partial charge in [0.15, 0.2) is 0 Å². The van der Waals surface area contributed by atoms with Gasteiger partial charge >= 0.3 is 12.1 Å². The summed E-state index contributed by atoms with van der Waals surface area (Å²) in [5.74, 6) is -1.07. The Morgan fingerprint density at radius 1 is 1.07 bits per heavy atom. The lowest BCUT2D eigenvalue weighted by molar-refractivity contribution is 0.0634. The highest BCUT2D eigenvalue weighted by Crippen LogP contribution is 2.28. The van der Waals surface area contributed by atoms with Crippen LogP contribution in [0.2, 0.25) is 0 Å². The van der Waals surface area contributed by atoms with Gasteiger partial charge in [-0.05, 0) is 57.2 Å². The van der Waals surface area contributed by atoms with Gasteiger partial charge in [-0.3, -0.25) is 5.32 Å². The summed E-state index contributed by atoms with van der Waals surface area (Å²) in [7, 11) is 0. The number of nitrogens with zero attached hydrogens (tertiary/aromatic N) is 1. The number of amides is 1. The molecule has 3 rings (SSSR count). The number of carboxylic acid groups (broad SMARTS) is 1. The van der Waals surface area contributed by atoms with Crippen molar-refractivity contribution in [1.82, 2.24) is 4.98 Å². The normalized spacial score (nSPS) is 11.3. The largest absolute Gasteiger partial charge is 0.478 e. The number of ether oxygens (including phenoxy) is 1. The Bertz CT molecular complexity index is 1060. The summed E-state index contributed by atoms with van der Waals surface area (Å²) in [5.41, 5.74) is 1.80. The molecular formula is C21H19BrN2O4. The minimum absolute atomic E-state index is 0.107. The molecule has 0 unspecified atom stereocenters. The van der Waals surface area contributed by atoms with Crippen molar-refractivity contribution in [3.8, 4) is 11.3 Å². The molecule has 0 radical (unpaired) electrons. The number of nitrogens with one attached hydrogen (secondary N) is 1. The number of hydrogen-bond acceptors (Lipinski definition) is 4. The zero-order valence-electron chi connectivity index (χ0n) is 15.6. The lowest BCUT2D eigenvalue weighted by Crippen LogP contribution is -2.27. The van der Waals surface area contributed by atoms with Crippen molar-refractivity contribution >= 4 is 44.6 Å². The summed E-state index contributed by atoms with van der Waals surface area (Å²) in [6, 6.07) is 13.9. The molecule has 6 nitrogen and oxygen atoms in total. The second kappa shape index (κ2) is 7.59. The highest BCUT2D eigenvalue weighted by atomic mass is 79.9. The molecule has 2 N–H and O–H groups in total. The van der Waals surface area contributed by atoms with E-state index in [1.165, 1.54) is 6.07 Å². The summed E-state index contributed by atoms with van der Waals surface area (Å²) in [5, 5.41) is 12.7. The van der Waals surface area contributed by atoms with Crippen molar-refractivity contribution in [2.45, 2.75) is 26.4 Å². The van der Waals surface area contributed by atoms with E-state index in [4.69, 9.17) is 4.74 Å². The number of fused-ring (bicyclic) bond motifs is 1. The van der Waals surface area contributed by atoms with E-state index >= 15 is 0 Å². The standard InChI is InChI=1S/C21H19BrN2O4/c1-21(2,3)28-20(27)23-14-8-9-17-15(10-14)16(19(25)26)11-18(24-17)12-4-6-13(22)7-5-12/h4-11H,1-3H3,(H,23,27)(H,25,26). The molecule has 0 saturated heterocycles. The Morgan fingerprint density at radius 2 is 1.75 bits per heavy atom. The van der Waals surface area contributed by atoms with Crippen molar-refractivity contribution in [1.29, 1.82) is 0 Å². The second-order valence-electron chi connectivity index (χ2n) is 7.23. The summed E-state index contributed by atoms with van der Waals surface area (Å²) < 4.78 is 6.16. The highest BCUT2D eigenvalue weighted by molar-refractivity contribution is 9.10. The molecule has 1 heterocycles. The van der Waals surface area contributed by atoms with Crippen LogP contribution in [0.15, 0.2) is 53.0 Å². The number of carbonyl (C=O) groups excluding carboxylic acids is 1. The molecule has 0 aliphatic rings. The highest BCUT2D eigenvalue weighted by Gasteiger charge is 2.18. The first-order chi connectivity index (χ1) is 13.1. The summed E-state index contributed by atoms with van der Waals surface area (Å²) in [6.45, 7) is 5.30. The Kier molecular flexibility index (Phi) is 5.38. The molecule has 2 aromatic carbocycles. The topological polar surface area (TPSA) is 88.5 Å². The van der Waals surface area contributed by atoms with Crippen LogP contribution in [0, 0.1) is 0 Å². The van der Waals surface area contributed by atoms with Crippen molar-refractivity contribution in [3.05, 3.63) is 58.6 Å². The first-order valence-corrected chi connectivity index (χ1v) is 9.36. The predicted molar refractivity (Wildman–Crippen MR) is 112 cm³/mol. The minimum atomic E-state index is -1.07. The number of aromatic carboxylic acids is 1. The van der Waals surface area contributed by atoms with E-state index in [0.29, 0.717) is 22.3 Å². The molecule has 0 aliphatic heterocycles. The molecule has 7 heteroatoms. The quantitative estimate of drug-likeness (QED) is 0.542. The Balaban J connectivity index is 2.02. The van der Waals surface area contributed by atoms with E-state index in [1.807, 2.05) is 24.3 Å². The third-order valence-corrected chi connectivity index (χ3v) is 4.35. The second-order valence-corrected chi connectivity index (χ2v) is 8.14. The van der Waals surface area contributed by atoms with Crippen LogP contribution in [0.5, 0.6) is 0 Å². The molecule has 144 valence electrons. The molecule has 3 aromatic rings. The monoisotopic (exact) mass is 442 g/mol. The summed E-state index contributed by atoms with van der Waals surface area (Å²) in [4.78, 5) is 28.4. The van der Waals surface area contributed by atoms with Crippen LogP contribution in [-0.4, -0.2) is 27.8 Å². The van der Waals surface area contributed by atoms with Gasteiger partial charge in [0.05, 0.1) is 16.8 Å². The number of anilines is 1. The van der Waals surface area contributed by atoms with Crippen LogP contribution in [0.25, 0.3) is 22.2 Å². The maximum atomic E-state index is 12.0. The first-order valence-electron chi connectivity index (χ1n) is 8.56. The fourth-order valence-corrected chi connectivity index (χ4v) is 2.93. The van der Waals surface area contributed by atoms with Crippen molar-refractivity contribution in [2.24, 2.45) is 0 Å². The molecule has 28 heavy (non-hydrogen) atoms. The summed E-state index contributed by atoms with van der Waals surface area (Å²) >= 11 is 3.38. The number of aromatic nitrogens is 1. The Labute approximate surface area is 170 Å². The molecule has 1 amide bonds. The predicted octanol–water partition coefficient (Wildman–Crippen LogP) is 5.71. The molecule has 0 atom stereocenters. The van der Waals surface area contributed by atoms with Crippen LogP contribution < -0.4 is 5.32 Å². The zero-order chi connectivity index (χ0) is 20.5. The summed E-state index contributed by atoms with van der Waals surface area (Å²) in [6.07, 6.45) is -0.608. The number of rotatable bonds is 3. The molecule has 0 aliphatic carbocycles. The van der Waals surface area contributed by atoms with Gasteiger partial charge in [-0.15, -0.1) is 0 Å². The minimum Gasteiger partial charge on any atom is -0.478 e. The van der Waals surface area contributed by atoms with Gasteiger partial charge in [0.1, 0.15) is 5.60 Å². The van der Waals surface area contributed by atoms with Gasteiger partial charge < -0.3 is 9.84 Å². The number of hydrogen-bond donors (Lipinski definition) is 2. The van der Waals surface area contributed by atoms with E-state index < -0.39 is 17.7 Å². The fourth-order valence-electron chi connectivity index (χ4n) is 2.67. The van der Waals surface area contributed by atoms with E-state index in [9.17, 15) is 14.7 Å². The number of benzene rings is 2. The van der Waals surface area contributed by atoms with Crippen LogP contribution in [0.1, 0.15) is 31.1 Å². The van der Waals surface area contributed by atoms with Crippen LogP contribution in [0.4, 0.5) is 10.5 Å².